The lowest BCUT2D eigenvalue weighted by Gasteiger charge is -1.96. The van der Waals surface area contributed by atoms with Gasteiger partial charge >= 0.3 is 0 Å². The normalized spacial score (nSPS) is 38.6. The van der Waals surface area contributed by atoms with Gasteiger partial charge in [0.15, 0.2) is 0 Å². The summed E-state index contributed by atoms with van der Waals surface area (Å²) in [5.74, 6) is 0. The third-order valence-electron chi connectivity index (χ3n) is 1.26. The summed E-state index contributed by atoms with van der Waals surface area (Å²) >= 11 is 3.35. The fourth-order valence-corrected chi connectivity index (χ4v) is 1.31. The van der Waals surface area contributed by atoms with Gasteiger partial charge < -0.3 is 4.74 Å². The monoisotopic (exact) mass is 164 g/mol. The van der Waals surface area contributed by atoms with E-state index in [-0.39, 0.29) is 5.60 Å². The Bertz CT molecular complexity index is 68.5. The van der Waals surface area contributed by atoms with Crippen LogP contribution in [0.1, 0.15) is 13.3 Å². The van der Waals surface area contributed by atoms with Crippen LogP contribution in [0.2, 0.25) is 0 Å². The molecule has 0 aromatic carbocycles. The van der Waals surface area contributed by atoms with E-state index in [0.29, 0.717) is 0 Å². The van der Waals surface area contributed by atoms with E-state index in [4.69, 9.17) is 4.74 Å². The van der Waals surface area contributed by atoms with Crippen molar-refractivity contribution < 1.29 is 4.74 Å². The second-order valence-electron chi connectivity index (χ2n) is 2.18. The zero-order valence-electron chi connectivity index (χ0n) is 4.41. The van der Waals surface area contributed by atoms with Gasteiger partial charge in [-0.1, -0.05) is 15.9 Å². The summed E-state index contributed by atoms with van der Waals surface area (Å²) in [5.41, 5.74) is 0.253. The van der Waals surface area contributed by atoms with Crippen LogP contribution >= 0.6 is 15.9 Å². The molecule has 42 valence electrons. The molecule has 0 radical (unpaired) electrons. The molecule has 1 saturated heterocycles. The first-order valence-corrected chi connectivity index (χ1v) is 3.59. The van der Waals surface area contributed by atoms with Crippen LogP contribution in [-0.4, -0.2) is 17.5 Å². The number of epoxide rings is 1. The van der Waals surface area contributed by atoms with Crippen molar-refractivity contribution in [2.75, 3.05) is 11.9 Å². The number of ether oxygens (including phenoxy) is 1. The zero-order valence-corrected chi connectivity index (χ0v) is 5.99. The summed E-state index contributed by atoms with van der Waals surface area (Å²) in [4.78, 5) is 0. The second-order valence-corrected chi connectivity index (χ2v) is 2.97. The molecule has 0 bridgehead atoms. The third-order valence-corrected chi connectivity index (χ3v) is 1.66. The summed E-state index contributed by atoms with van der Waals surface area (Å²) < 4.78 is 5.11. The smallest absolute Gasteiger partial charge is 0.0896 e. The number of alkyl halides is 1. The summed E-state index contributed by atoms with van der Waals surface area (Å²) in [6.07, 6.45) is 1.15. The topological polar surface area (TPSA) is 12.5 Å². The Kier molecular flexibility index (Phi) is 1.39. The molecule has 7 heavy (non-hydrogen) atoms. The average Bonchev–Trinajstić information content (AvgIpc) is 2.22. The largest absolute Gasteiger partial charge is 0.370 e. The Morgan fingerprint density at radius 1 is 1.86 bits per heavy atom. The van der Waals surface area contributed by atoms with Crippen LogP contribution in [0.3, 0.4) is 0 Å². The van der Waals surface area contributed by atoms with E-state index in [2.05, 4.69) is 22.9 Å². The van der Waals surface area contributed by atoms with Gasteiger partial charge in [0.1, 0.15) is 0 Å². The molecular formula is C5H9BrO. The first-order chi connectivity index (χ1) is 3.27. The molecule has 1 aliphatic heterocycles. The van der Waals surface area contributed by atoms with Crippen molar-refractivity contribution in [2.45, 2.75) is 18.9 Å². The molecule has 2 heteroatoms. The van der Waals surface area contributed by atoms with E-state index in [1.165, 1.54) is 0 Å². The van der Waals surface area contributed by atoms with Crippen molar-refractivity contribution in [3.8, 4) is 0 Å². The second kappa shape index (κ2) is 1.75. The highest BCUT2D eigenvalue weighted by Crippen LogP contribution is 2.29. The van der Waals surface area contributed by atoms with E-state index >= 15 is 0 Å². The number of rotatable bonds is 2. The maximum absolute atomic E-state index is 5.11. The van der Waals surface area contributed by atoms with Gasteiger partial charge in [-0.25, -0.2) is 0 Å². The lowest BCUT2D eigenvalue weighted by molar-refractivity contribution is 0.319. The molecule has 0 saturated carbocycles. The molecule has 1 nitrogen and oxygen atoms in total. The summed E-state index contributed by atoms with van der Waals surface area (Å²) in [7, 11) is 0. The van der Waals surface area contributed by atoms with E-state index in [0.717, 1.165) is 18.4 Å². The Morgan fingerprint density at radius 3 is 2.57 bits per heavy atom. The van der Waals surface area contributed by atoms with Crippen molar-refractivity contribution in [3.63, 3.8) is 0 Å². The minimum absolute atomic E-state index is 0.253. The van der Waals surface area contributed by atoms with E-state index in [1.54, 1.807) is 0 Å². The number of hydrogen-bond acceptors (Lipinski definition) is 1. The van der Waals surface area contributed by atoms with Gasteiger partial charge in [0, 0.05) is 5.33 Å². The minimum atomic E-state index is 0.253. The van der Waals surface area contributed by atoms with Gasteiger partial charge in [0.2, 0.25) is 0 Å². The fraction of sp³-hybridized carbons (Fsp3) is 1.00. The first-order valence-electron chi connectivity index (χ1n) is 2.47. The van der Waals surface area contributed by atoms with Crippen molar-refractivity contribution in [1.82, 2.24) is 0 Å². The summed E-state index contributed by atoms with van der Waals surface area (Å²) in [6, 6.07) is 0. The molecule has 1 aliphatic rings. The van der Waals surface area contributed by atoms with Crippen molar-refractivity contribution in [3.05, 3.63) is 0 Å². The van der Waals surface area contributed by atoms with Crippen LogP contribution in [0.15, 0.2) is 0 Å². The number of hydrogen-bond donors (Lipinski definition) is 0. The maximum atomic E-state index is 5.11. The van der Waals surface area contributed by atoms with Crippen LogP contribution in [0.25, 0.3) is 0 Å². The van der Waals surface area contributed by atoms with Crippen LogP contribution < -0.4 is 0 Å². The number of halogens is 1. The quantitative estimate of drug-likeness (QED) is 0.446. The Labute approximate surface area is 52.2 Å². The molecule has 1 heterocycles. The fourth-order valence-electron chi connectivity index (χ4n) is 0.467. The Morgan fingerprint density at radius 2 is 2.43 bits per heavy atom. The molecule has 0 aliphatic carbocycles. The van der Waals surface area contributed by atoms with Gasteiger partial charge in [0.05, 0.1) is 12.2 Å². The summed E-state index contributed by atoms with van der Waals surface area (Å²) in [6.45, 7) is 3.09. The average molecular weight is 165 g/mol. The molecule has 1 atom stereocenters. The maximum Gasteiger partial charge on any atom is 0.0896 e. The Balaban J connectivity index is 2.13. The highest BCUT2D eigenvalue weighted by atomic mass is 79.9. The van der Waals surface area contributed by atoms with Crippen molar-refractivity contribution >= 4 is 15.9 Å². The van der Waals surface area contributed by atoms with Crippen LogP contribution in [-0.2, 0) is 4.74 Å². The molecule has 0 aromatic rings. The molecule has 0 N–H and O–H groups in total. The molecule has 0 amide bonds. The SMILES string of the molecule is C[C@@]1(CCBr)CO1. The van der Waals surface area contributed by atoms with Crippen LogP contribution in [0.5, 0.6) is 0 Å². The minimum Gasteiger partial charge on any atom is -0.370 e. The van der Waals surface area contributed by atoms with Crippen molar-refractivity contribution in [2.24, 2.45) is 0 Å². The summed E-state index contributed by atoms with van der Waals surface area (Å²) in [5, 5.41) is 1.06. The lowest BCUT2D eigenvalue weighted by Crippen LogP contribution is -2.03. The first kappa shape index (κ1) is 5.57. The Hall–Kier alpha value is 0.440. The lowest BCUT2D eigenvalue weighted by atomic mass is 10.1. The molecular weight excluding hydrogens is 156 g/mol. The van der Waals surface area contributed by atoms with E-state index in [1.807, 2.05) is 0 Å². The van der Waals surface area contributed by atoms with Crippen LogP contribution in [0, 0.1) is 0 Å². The van der Waals surface area contributed by atoms with Crippen molar-refractivity contribution in [1.29, 1.82) is 0 Å². The van der Waals surface area contributed by atoms with Crippen LogP contribution in [0.4, 0.5) is 0 Å². The van der Waals surface area contributed by atoms with E-state index < -0.39 is 0 Å². The zero-order chi connectivity index (χ0) is 5.33. The van der Waals surface area contributed by atoms with Gasteiger partial charge in [-0.05, 0) is 13.3 Å². The predicted octanol–water partition coefficient (Wildman–Crippen LogP) is 1.56. The molecule has 0 spiro atoms. The molecule has 1 fully saturated rings. The molecule has 0 aromatic heterocycles. The third kappa shape index (κ3) is 1.42. The molecule has 0 unspecified atom stereocenters. The standard InChI is InChI=1S/C5H9BrO/c1-5(2-3-6)4-7-5/h2-4H2,1H3/t5-/m1/s1. The van der Waals surface area contributed by atoms with Gasteiger partial charge in [0.25, 0.3) is 0 Å². The highest BCUT2D eigenvalue weighted by molar-refractivity contribution is 9.09. The van der Waals surface area contributed by atoms with E-state index in [9.17, 15) is 0 Å². The van der Waals surface area contributed by atoms with Gasteiger partial charge in [-0.2, -0.15) is 0 Å². The van der Waals surface area contributed by atoms with Gasteiger partial charge in [-0.3, -0.25) is 0 Å². The van der Waals surface area contributed by atoms with Gasteiger partial charge in [-0.15, -0.1) is 0 Å². The molecule has 1 rings (SSSR count). The predicted molar refractivity (Wildman–Crippen MR) is 32.8 cm³/mol. The highest BCUT2D eigenvalue weighted by Gasteiger charge is 2.37.